The van der Waals surface area contributed by atoms with Gasteiger partial charge in [0.1, 0.15) is 5.82 Å². The smallest absolute Gasteiger partial charge is 0.173 e. The van der Waals surface area contributed by atoms with Gasteiger partial charge in [0.15, 0.2) is 11.5 Å². The maximum absolute atomic E-state index is 13.8. The van der Waals surface area contributed by atoms with Crippen LogP contribution in [0.25, 0.3) is 5.65 Å². The van der Waals surface area contributed by atoms with Crippen LogP contribution in [0.4, 0.5) is 14.5 Å². The highest BCUT2D eigenvalue weighted by molar-refractivity contribution is 5.56. The minimum absolute atomic E-state index is 0.235. The zero-order valence-corrected chi connectivity index (χ0v) is 13.1. The van der Waals surface area contributed by atoms with Crippen LogP contribution >= 0.6 is 0 Å². The van der Waals surface area contributed by atoms with E-state index in [1.165, 1.54) is 12.1 Å². The number of rotatable bonds is 3. The molecule has 0 radical (unpaired) electrons. The van der Waals surface area contributed by atoms with Crippen molar-refractivity contribution < 1.29 is 8.78 Å². The predicted molar refractivity (Wildman–Crippen MR) is 88.8 cm³/mol. The molecule has 2 N–H and O–H groups in total. The largest absolute Gasteiger partial charge is 0.365 e. The summed E-state index contributed by atoms with van der Waals surface area (Å²) in [5.74, 6) is -0.307. The van der Waals surface area contributed by atoms with E-state index in [0.29, 0.717) is 18.7 Å². The van der Waals surface area contributed by atoms with Crippen LogP contribution in [0.15, 0.2) is 42.7 Å². The first-order valence-electron chi connectivity index (χ1n) is 7.99. The summed E-state index contributed by atoms with van der Waals surface area (Å²) in [7, 11) is 0. The predicted octanol–water partition coefficient (Wildman–Crippen LogP) is 2.75. The molecule has 3 aromatic rings. The van der Waals surface area contributed by atoms with Crippen molar-refractivity contribution in [2.45, 2.75) is 13.0 Å². The maximum Gasteiger partial charge on any atom is 0.173 e. The zero-order valence-electron chi connectivity index (χ0n) is 13.1. The van der Waals surface area contributed by atoms with E-state index in [1.807, 2.05) is 6.20 Å². The van der Waals surface area contributed by atoms with Crippen LogP contribution in [0, 0.1) is 17.6 Å². The van der Waals surface area contributed by atoms with Crippen molar-refractivity contribution in [1.29, 1.82) is 0 Å². The number of nitrogens with zero attached hydrogens (tertiary/aromatic N) is 3. The fraction of sp³-hybridized carbons (Fsp3) is 0.278. The van der Waals surface area contributed by atoms with Crippen LogP contribution in [-0.2, 0) is 13.0 Å². The van der Waals surface area contributed by atoms with E-state index in [0.717, 1.165) is 29.9 Å². The molecule has 0 fully saturated rings. The molecule has 1 aliphatic heterocycles. The van der Waals surface area contributed by atoms with E-state index >= 15 is 0 Å². The van der Waals surface area contributed by atoms with E-state index in [1.54, 1.807) is 28.8 Å². The SMILES string of the molecule is NCC1Cc2cc(F)ccc2N(Cc2cn3cccc(F)c3n2)C1. The number of pyridine rings is 1. The number of hydrogen-bond acceptors (Lipinski definition) is 3. The van der Waals surface area contributed by atoms with Gasteiger partial charge in [0.05, 0.1) is 12.2 Å². The van der Waals surface area contributed by atoms with Crippen LogP contribution in [0.3, 0.4) is 0 Å². The van der Waals surface area contributed by atoms with E-state index in [9.17, 15) is 8.78 Å². The molecule has 4 rings (SSSR count). The van der Waals surface area contributed by atoms with Crippen molar-refractivity contribution in [2.75, 3.05) is 18.0 Å². The first-order valence-corrected chi connectivity index (χ1v) is 7.99. The summed E-state index contributed by atoms with van der Waals surface area (Å²) in [5.41, 5.74) is 8.90. The Balaban J connectivity index is 1.69. The molecule has 0 spiro atoms. The molecule has 1 aliphatic rings. The Hall–Kier alpha value is -2.47. The van der Waals surface area contributed by atoms with Gasteiger partial charge in [-0.2, -0.15) is 0 Å². The molecule has 3 heterocycles. The van der Waals surface area contributed by atoms with E-state index in [2.05, 4.69) is 9.88 Å². The van der Waals surface area contributed by atoms with Gasteiger partial charge in [-0.25, -0.2) is 13.8 Å². The van der Waals surface area contributed by atoms with Gasteiger partial charge < -0.3 is 15.0 Å². The number of nitrogens with two attached hydrogens (primary N) is 1. The molecular weight excluding hydrogens is 310 g/mol. The van der Waals surface area contributed by atoms with Gasteiger partial charge in [-0.05, 0) is 54.8 Å². The number of aromatic nitrogens is 2. The van der Waals surface area contributed by atoms with Crippen molar-refractivity contribution in [3.63, 3.8) is 0 Å². The number of halogens is 2. The lowest BCUT2D eigenvalue weighted by Gasteiger charge is -2.35. The van der Waals surface area contributed by atoms with E-state index in [-0.39, 0.29) is 17.6 Å². The third-order valence-corrected chi connectivity index (χ3v) is 4.54. The second kappa shape index (κ2) is 5.87. The fourth-order valence-electron chi connectivity index (χ4n) is 3.42. The summed E-state index contributed by atoms with van der Waals surface area (Å²) in [6.45, 7) is 1.87. The first-order chi connectivity index (χ1) is 11.6. The highest BCUT2D eigenvalue weighted by Gasteiger charge is 2.24. The Bertz CT molecular complexity index is 890. The Morgan fingerprint density at radius 2 is 2.12 bits per heavy atom. The average Bonchev–Trinajstić information content (AvgIpc) is 2.98. The second-order valence-corrected chi connectivity index (χ2v) is 6.28. The normalized spacial score (nSPS) is 17.3. The lowest BCUT2D eigenvalue weighted by atomic mass is 9.92. The number of anilines is 1. The van der Waals surface area contributed by atoms with Gasteiger partial charge in [-0.15, -0.1) is 0 Å². The van der Waals surface area contributed by atoms with Crippen molar-refractivity contribution in [3.8, 4) is 0 Å². The Kier molecular flexibility index (Phi) is 3.69. The van der Waals surface area contributed by atoms with Gasteiger partial charge in [0.25, 0.3) is 0 Å². The van der Waals surface area contributed by atoms with E-state index in [4.69, 9.17) is 5.73 Å². The van der Waals surface area contributed by atoms with Crippen LogP contribution in [0.2, 0.25) is 0 Å². The topological polar surface area (TPSA) is 46.6 Å². The summed E-state index contributed by atoms with van der Waals surface area (Å²) >= 11 is 0. The highest BCUT2D eigenvalue weighted by atomic mass is 19.1. The lowest BCUT2D eigenvalue weighted by molar-refractivity contribution is 0.493. The van der Waals surface area contributed by atoms with Crippen LogP contribution in [-0.4, -0.2) is 22.5 Å². The fourth-order valence-corrected chi connectivity index (χ4v) is 3.42. The molecule has 0 saturated carbocycles. The summed E-state index contributed by atoms with van der Waals surface area (Å²) in [6.07, 6.45) is 4.38. The van der Waals surface area contributed by atoms with Gasteiger partial charge in [0, 0.05) is 24.6 Å². The van der Waals surface area contributed by atoms with E-state index < -0.39 is 0 Å². The molecule has 24 heavy (non-hydrogen) atoms. The first kappa shape index (κ1) is 15.1. The van der Waals surface area contributed by atoms with Gasteiger partial charge in [-0.1, -0.05) is 0 Å². The summed E-state index contributed by atoms with van der Waals surface area (Å²) in [5, 5.41) is 0. The molecule has 0 amide bonds. The van der Waals surface area contributed by atoms with Crippen LogP contribution < -0.4 is 10.6 Å². The molecule has 1 atom stereocenters. The maximum atomic E-state index is 13.8. The molecule has 0 aliphatic carbocycles. The molecule has 6 heteroatoms. The Morgan fingerprint density at radius 3 is 2.92 bits per heavy atom. The minimum Gasteiger partial charge on any atom is -0.365 e. The number of fused-ring (bicyclic) bond motifs is 2. The highest BCUT2D eigenvalue weighted by Crippen LogP contribution is 2.31. The molecule has 1 unspecified atom stereocenters. The Morgan fingerprint density at radius 1 is 1.25 bits per heavy atom. The standard InChI is InChI=1S/C18H18F2N4/c19-14-3-4-17-13(7-14)6-12(8-21)9-24(17)11-15-10-23-5-1-2-16(20)18(23)22-15/h1-5,7,10,12H,6,8-9,11,21H2. The number of hydrogen-bond donors (Lipinski definition) is 1. The quantitative estimate of drug-likeness (QED) is 0.804. The third kappa shape index (κ3) is 2.63. The molecule has 0 saturated heterocycles. The summed E-state index contributed by atoms with van der Waals surface area (Å²) in [4.78, 5) is 6.54. The lowest BCUT2D eigenvalue weighted by Crippen LogP contribution is -2.38. The van der Waals surface area contributed by atoms with Crippen molar-refractivity contribution in [3.05, 3.63) is 65.6 Å². The molecule has 0 bridgehead atoms. The summed E-state index contributed by atoms with van der Waals surface area (Å²) in [6, 6.07) is 7.89. The van der Waals surface area contributed by atoms with Crippen molar-refractivity contribution >= 4 is 11.3 Å². The Labute approximate surface area is 138 Å². The molecule has 1 aromatic carbocycles. The average molecular weight is 328 g/mol. The monoisotopic (exact) mass is 328 g/mol. The summed E-state index contributed by atoms with van der Waals surface area (Å²) < 4.78 is 29.1. The zero-order chi connectivity index (χ0) is 16.7. The third-order valence-electron chi connectivity index (χ3n) is 4.54. The minimum atomic E-state index is -0.343. The molecule has 2 aromatic heterocycles. The van der Waals surface area contributed by atoms with Crippen molar-refractivity contribution in [2.24, 2.45) is 11.7 Å². The molecular formula is C18H18F2N4. The number of benzene rings is 1. The van der Waals surface area contributed by atoms with Crippen molar-refractivity contribution in [1.82, 2.24) is 9.38 Å². The van der Waals surface area contributed by atoms with Gasteiger partial charge >= 0.3 is 0 Å². The van der Waals surface area contributed by atoms with Crippen LogP contribution in [0.1, 0.15) is 11.3 Å². The molecule has 4 nitrogen and oxygen atoms in total. The molecule has 124 valence electrons. The van der Waals surface area contributed by atoms with Gasteiger partial charge in [0.2, 0.25) is 0 Å². The second-order valence-electron chi connectivity index (χ2n) is 6.28. The van der Waals surface area contributed by atoms with Crippen LogP contribution in [0.5, 0.6) is 0 Å². The van der Waals surface area contributed by atoms with Gasteiger partial charge in [-0.3, -0.25) is 0 Å². The number of imidazole rings is 1.